The molecule has 0 aliphatic carbocycles. The average molecular weight is 489 g/mol. The maximum absolute atomic E-state index is 13.4. The number of nitrogens with zero attached hydrogens (tertiary/aromatic N) is 5. The molecule has 4 aromatic rings. The maximum Gasteiger partial charge on any atom is 0.261 e. The van der Waals surface area contributed by atoms with Gasteiger partial charge in [0.15, 0.2) is 0 Å². The number of aryl methyl sites for hydroxylation is 1. The Bertz CT molecular complexity index is 1370. The second-order valence-corrected chi connectivity index (χ2v) is 10.2. The van der Waals surface area contributed by atoms with Gasteiger partial charge in [-0.05, 0) is 69.1 Å². The molecule has 35 heavy (non-hydrogen) atoms. The highest BCUT2D eigenvalue weighted by Crippen LogP contribution is 2.28. The molecule has 0 spiro atoms. The Morgan fingerprint density at radius 2 is 1.80 bits per heavy atom. The number of hydrogen-bond acceptors (Lipinski definition) is 7. The summed E-state index contributed by atoms with van der Waals surface area (Å²) < 4.78 is 1.78. The Kier molecular flexibility index (Phi) is 6.58. The number of benzene rings is 1. The van der Waals surface area contributed by atoms with E-state index < -0.39 is 0 Å². The van der Waals surface area contributed by atoms with E-state index in [9.17, 15) is 4.79 Å². The van der Waals surface area contributed by atoms with E-state index in [0.717, 1.165) is 54.4 Å². The number of nitrogens with one attached hydrogen (secondary N) is 1. The molecule has 1 fully saturated rings. The molecule has 1 saturated heterocycles. The van der Waals surface area contributed by atoms with Crippen molar-refractivity contribution in [1.82, 2.24) is 19.4 Å². The summed E-state index contributed by atoms with van der Waals surface area (Å²) in [7, 11) is 0. The standard InChI is InChI=1S/C27H32N6OS/c1-5-31-12-14-32(15-13-31)21-10-8-20(9-11-21)29-27-28-19(4)22-17-23(24-7-6-16-35-24)26(34)33(18(2)3)25(22)30-27/h6-11,16-18H,5,12-15H2,1-4H3,(H,28,29,30). The van der Waals surface area contributed by atoms with Crippen molar-refractivity contribution in [1.29, 1.82) is 0 Å². The first-order valence-corrected chi connectivity index (χ1v) is 13.1. The van der Waals surface area contributed by atoms with E-state index in [1.165, 1.54) is 5.69 Å². The van der Waals surface area contributed by atoms with Crippen molar-refractivity contribution < 1.29 is 0 Å². The van der Waals surface area contributed by atoms with Gasteiger partial charge in [-0.2, -0.15) is 4.98 Å². The van der Waals surface area contributed by atoms with Crippen LogP contribution in [0, 0.1) is 6.92 Å². The molecule has 0 bridgehead atoms. The molecule has 0 saturated carbocycles. The van der Waals surface area contributed by atoms with E-state index >= 15 is 0 Å². The van der Waals surface area contributed by atoms with Crippen LogP contribution in [0.25, 0.3) is 21.5 Å². The van der Waals surface area contributed by atoms with Crippen LogP contribution in [-0.2, 0) is 0 Å². The Morgan fingerprint density at radius 3 is 2.43 bits per heavy atom. The summed E-state index contributed by atoms with van der Waals surface area (Å²) in [4.78, 5) is 28.8. The van der Waals surface area contributed by atoms with Gasteiger partial charge in [0.2, 0.25) is 5.95 Å². The minimum absolute atomic E-state index is 0.0217. The Labute approximate surface area is 210 Å². The highest BCUT2D eigenvalue weighted by molar-refractivity contribution is 7.13. The van der Waals surface area contributed by atoms with Crippen LogP contribution in [0.15, 0.2) is 52.6 Å². The zero-order valence-corrected chi connectivity index (χ0v) is 21.6. The number of rotatable bonds is 6. The van der Waals surface area contributed by atoms with E-state index in [2.05, 4.69) is 46.3 Å². The Hall–Kier alpha value is -3.23. The fourth-order valence-electron chi connectivity index (χ4n) is 4.70. The summed E-state index contributed by atoms with van der Waals surface area (Å²) in [6.45, 7) is 13.6. The second-order valence-electron chi connectivity index (χ2n) is 9.27. The quantitative estimate of drug-likeness (QED) is 0.398. The number of thiophene rings is 1. The highest BCUT2D eigenvalue weighted by Gasteiger charge is 2.18. The van der Waals surface area contributed by atoms with Crippen LogP contribution >= 0.6 is 11.3 Å². The predicted molar refractivity (Wildman–Crippen MR) is 146 cm³/mol. The van der Waals surface area contributed by atoms with Crippen molar-refractivity contribution in [3.63, 3.8) is 0 Å². The zero-order valence-electron chi connectivity index (χ0n) is 20.8. The highest BCUT2D eigenvalue weighted by atomic mass is 32.1. The number of likely N-dealkylation sites (N-methyl/N-ethyl adjacent to an activating group) is 1. The summed E-state index contributed by atoms with van der Waals surface area (Å²) in [5.74, 6) is 0.497. The summed E-state index contributed by atoms with van der Waals surface area (Å²) in [6, 6.07) is 14.3. The predicted octanol–water partition coefficient (Wildman–Crippen LogP) is 5.29. The van der Waals surface area contributed by atoms with Crippen LogP contribution < -0.4 is 15.8 Å². The maximum atomic E-state index is 13.4. The van der Waals surface area contributed by atoms with Gasteiger partial charge in [0, 0.05) is 53.9 Å². The lowest BCUT2D eigenvalue weighted by Gasteiger charge is -2.35. The van der Waals surface area contributed by atoms with Gasteiger partial charge in [-0.25, -0.2) is 4.98 Å². The van der Waals surface area contributed by atoms with Gasteiger partial charge in [-0.1, -0.05) is 13.0 Å². The molecule has 7 nitrogen and oxygen atoms in total. The summed E-state index contributed by atoms with van der Waals surface area (Å²) in [5, 5.41) is 6.24. The first kappa shape index (κ1) is 23.5. The van der Waals surface area contributed by atoms with Crippen molar-refractivity contribution in [2.45, 2.75) is 33.7 Å². The van der Waals surface area contributed by atoms with Gasteiger partial charge < -0.3 is 15.1 Å². The largest absolute Gasteiger partial charge is 0.369 e. The van der Waals surface area contributed by atoms with Gasteiger partial charge in [0.1, 0.15) is 5.65 Å². The van der Waals surface area contributed by atoms with Crippen LogP contribution in [0.4, 0.5) is 17.3 Å². The van der Waals surface area contributed by atoms with Crippen LogP contribution in [0.2, 0.25) is 0 Å². The molecule has 1 aliphatic heterocycles. The van der Waals surface area contributed by atoms with Gasteiger partial charge >= 0.3 is 0 Å². The monoisotopic (exact) mass is 488 g/mol. The topological polar surface area (TPSA) is 66.3 Å². The van der Waals surface area contributed by atoms with Crippen molar-refractivity contribution in [2.75, 3.05) is 42.9 Å². The smallest absolute Gasteiger partial charge is 0.261 e. The molecule has 5 rings (SSSR count). The van der Waals surface area contributed by atoms with Gasteiger partial charge in [0.25, 0.3) is 5.56 Å². The third kappa shape index (κ3) is 4.68. The molecule has 1 aromatic carbocycles. The van der Waals surface area contributed by atoms with E-state index in [-0.39, 0.29) is 11.6 Å². The average Bonchev–Trinajstić information content (AvgIpc) is 3.39. The van der Waals surface area contributed by atoms with Crippen LogP contribution in [0.5, 0.6) is 0 Å². The molecule has 8 heteroatoms. The number of fused-ring (bicyclic) bond motifs is 1. The Morgan fingerprint density at radius 1 is 1.06 bits per heavy atom. The number of hydrogen-bond donors (Lipinski definition) is 1. The molecule has 0 radical (unpaired) electrons. The molecule has 1 N–H and O–H groups in total. The molecule has 182 valence electrons. The van der Waals surface area contributed by atoms with Crippen LogP contribution in [-0.4, -0.2) is 52.2 Å². The van der Waals surface area contributed by atoms with Gasteiger partial charge in [-0.15, -0.1) is 11.3 Å². The molecule has 3 aromatic heterocycles. The van der Waals surface area contributed by atoms with E-state index in [4.69, 9.17) is 9.97 Å². The van der Waals surface area contributed by atoms with Crippen molar-refractivity contribution in [3.8, 4) is 10.4 Å². The van der Waals surface area contributed by atoms with Crippen LogP contribution in [0.1, 0.15) is 32.5 Å². The SMILES string of the molecule is CCN1CCN(c2ccc(Nc3nc(C)c4cc(-c5cccs5)c(=O)n(C(C)C)c4n3)cc2)CC1. The third-order valence-corrected chi connectivity index (χ3v) is 7.60. The van der Waals surface area contributed by atoms with Gasteiger partial charge in [-0.3, -0.25) is 9.36 Å². The number of pyridine rings is 1. The molecule has 1 aliphatic rings. The number of aromatic nitrogens is 3. The van der Waals surface area contributed by atoms with Crippen molar-refractivity contribution in [3.05, 3.63) is 63.9 Å². The molecule has 0 amide bonds. The molecule has 4 heterocycles. The first-order valence-electron chi connectivity index (χ1n) is 12.3. The van der Waals surface area contributed by atoms with E-state index in [0.29, 0.717) is 17.2 Å². The van der Waals surface area contributed by atoms with Gasteiger partial charge in [0.05, 0.1) is 11.3 Å². The minimum Gasteiger partial charge on any atom is -0.369 e. The first-order chi connectivity index (χ1) is 16.9. The van der Waals surface area contributed by atoms with E-state index in [1.807, 2.05) is 44.4 Å². The summed E-state index contributed by atoms with van der Waals surface area (Å²) in [6.07, 6.45) is 0. The van der Waals surface area contributed by atoms with E-state index in [1.54, 1.807) is 15.9 Å². The lowest BCUT2D eigenvalue weighted by molar-refractivity contribution is 0.271. The minimum atomic E-state index is -0.0282. The fourth-order valence-corrected chi connectivity index (χ4v) is 5.44. The summed E-state index contributed by atoms with van der Waals surface area (Å²) >= 11 is 1.57. The van der Waals surface area contributed by atoms with Crippen molar-refractivity contribution >= 4 is 39.7 Å². The fraction of sp³-hybridized carbons (Fsp3) is 0.370. The summed E-state index contributed by atoms with van der Waals surface area (Å²) in [5.41, 5.74) is 4.33. The van der Waals surface area contributed by atoms with Crippen molar-refractivity contribution in [2.24, 2.45) is 0 Å². The molecular formula is C27H32N6OS. The third-order valence-electron chi connectivity index (χ3n) is 6.69. The molecule has 0 atom stereocenters. The number of piperazine rings is 1. The lowest BCUT2D eigenvalue weighted by Crippen LogP contribution is -2.46. The number of anilines is 3. The molecule has 0 unspecified atom stereocenters. The second kappa shape index (κ2) is 9.79. The molecular weight excluding hydrogens is 456 g/mol. The zero-order chi connectivity index (χ0) is 24.5. The normalized spacial score (nSPS) is 14.7. The Balaban J connectivity index is 1.45. The van der Waals surface area contributed by atoms with Crippen LogP contribution in [0.3, 0.4) is 0 Å². The lowest BCUT2D eigenvalue weighted by atomic mass is 10.1.